The van der Waals surface area contributed by atoms with Crippen LogP contribution in [0.25, 0.3) is 10.2 Å². The zero-order valence-electron chi connectivity index (χ0n) is 13.5. The number of hydrogen-bond donors (Lipinski definition) is 1. The van der Waals surface area contributed by atoms with Gasteiger partial charge >= 0.3 is 0 Å². The number of nitrogens with one attached hydrogen (secondary N) is 1. The van der Waals surface area contributed by atoms with Gasteiger partial charge in [-0.2, -0.15) is 0 Å². The highest BCUT2D eigenvalue weighted by molar-refractivity contribution is 7.22. The van der Waals surface area contributed by atoms with Gasteiger partial charge < -0.3 is 10.2 Å². The molecule has 1 saturated heterocycles. The molecule has 0 atom stereocenters. The van der Waals surface area contributed by atoms with Crippen molar-refractivity contribution >= 4 is 44.2 Å². The third kappa shape index (κ3) is 3.50. The van der Waals surface area contributed by atoms with Crippen molar-refractivity contribution in [2.75, 3.05) is 44.2 Å². The fourth-order valence-corrected chi connectivity index (χ4v) is 4.35. The van der Waals surface area contributed by atoms with Gasteiger partial charge in [-0.1, -0.05) is 29.0 Å². The number of amides is 1. The van der Waals surface area contributed by atoms with Gasteiger partial charge in [-0.3, -0.25) is 9.69 Å². The average Bonchev–Trinajstić information content (AvgIpc) is 3.35. The largest absolute Gasteiger partial charge is 0.355 e. The quantitative estimate of drug-likeness (QED) is 0.886. The molecular weight excluding hydrogens is 344 g/mol. The number of rotatable bonds is 5. The van der Waals surface area contributed by atoms with Crippen molar-refractivity contribution in [3.63, 3.8) is 0 Å². The van der Waals surface area contributed by atoms with Crippen molar-refractivity contribution in [3.8, 4) is 0 Å². The van der Waals surface area contributed by atoms with E-state index in [1.165, 1.54) is 0 Å². The van der Waals surface area contributed by atoms with Gasteiger partial charge in [0.15, 0.2) is 5.13 Å². The predicted octanol–water partition coefficient (Wildman–Crippen LogP) is 2.60. The molecule has 1 N–H and O–H groups in total. The van der Waals surface area contributed by atoms with Crippen LogP contribution < -0.4 is 10.2 Å². The van der Waals surface area contributed by atoms with E-state index in [9.17, 15) is 4.79 Å². The smallest absolute Gasteiger partial charge is 0.223 e. The molecule has 0 bridgehead atoms. The van der Waals surface area contributed by atoms with Gasteiger partial charge in [-0.15, -0.1) is 0 Å². The molecule has 1 aromatic carbocycles. The molecule has 1 saturated carbocycles. The molecule has 2 aromatic rings. The summed E-state index contributed by atoms with van der Waals surface area (Å²) in [6.07, 6.45) is 2.13. The lowest BCUT2D eigenvalue weighted by Gasteiger charge is -2.34. The first-order valence-electron chi connectivity index (χ1n) is 8.51. The van der Waals surface area contributed by atoms with Gasteiger partial charge in [0.1, 0.15) is 5.52 Å². The number of thiazole rings is 1. The number of fused-ring (bicyclic) bond motifs is 1. The molecule has 128 valence electrons. The minimum absolute atomic E-state index is 0.236. The number of nitrogens with zero attached hydrogens (tertiary/aromatic N) is 3. The molecule has 4 rings (SSSR count). The lowest BCUT2D eigenvalue weighted by Crippen LogP contribution is -2.48. The number of carbonyl (C=O) groups excluding carboxylic acids is 1. The third-order valence-electron chi connectivity index (χ3n) is 4.68. The van der Waals surface area contributed by atoms with E-state index in [1.807, 2.05) is 12.1 Å². The summed E-state index contributed by atoms with van der Waals surface area (Å²) in [6, 6.07) is 5.93. The van der Waals surface area contributed by atoms with Crippen molar-refractivity contribution in [1.29, 1.82) is 0 Å². The first kappa shape index (κ1) is 16.1. The molecule has 2 aliphatic rings. The highest BCUT2D eigenvalue weighted by Crippen LogP contribution is 2.33. The molecule has 0 unspecified atom stereocenters. The number of benzene rings is 1. The van der Waals surface area contributed by atoms with Crippen LogP contribution in [-0.4, -0.2) is 55.1 Å². The Morgan fingerprint density at radius 1 is 1.29 bits per heavy atom. The summed E-state index contributed by atoms with van der Waals surface area (Å²) in [5.74, 6) is 0.535. The van der Waals surface area contributed by atoms with Gasteiger partial charge in [0, 0.05) is 45.2 Å². The lowest BCUT2D eigenvalue weighted by atomic mass is 10.3. The Hall–Kier alpha value is -1.37. The third-order valence-corrected chi connectivity index (χ3v) is 6.06. The summed E-state index contributed by atoms with van der Waals surface area (Å²) >= 11 is 7.93. The Kier molecular flexibility index (Phi) is 4.61. The van der Waals surface area contributed by atoms with Crippen LogP contribution in [0, 0.1) is 5.92 Å². The van der Waals surface area contributed by atoms with Gasteiger partial charge in [0.2, 0.25) is 5.91 Å². The van der Waals surface area contributed by atoms with Crippen LogP contribution in [0.4, 0.5) is 5.13 Å². The van der Waals surface area contributed by atoms with E-state index in [0.29, 0.717) is 5.92 Å². The number of para-hydroxylation sites is 1. The van der Waals surface area contributed by atoms with Crippen LogP contribution >= 0.6 is 22.9 Å². The van der Waals surface area contributed by atoms with Crippen molar-refractivity contribution in [3.05, 3.63) is 23.2 Å². The van der Waals surface area contributed by atoms with E-state index >= 15 is 0 Å². The van der Waals surface area contributed by atoms with E-state index in [4.69, 9.17) is 16.6 Å². The minimum Gasteiger partial charge on any atom is -0.355 e. The zero-order valence-corrected chi connectivity index (χ0v) is 15.1. The second kappa shape index (κ2) is 6.86. The molecule has 7 heteroatoms. The van der Waals surface area contributed by atoms with Gasteiger partial charge in [0.25, 0.3) is 0 Å². The maximum absolute atomic E-state index is 11.6. The predicted molar refractivity (Wildman–Crippen MR) is 99.0 cm³/mol. The molecule has 2 fully saturated rings. The number of halogens is 1. The van der Waals surface area contributed by atoms with Crippen LogP contribution in [0.15, 0.2) is 18.2 Å². The normalized spacial score (nSPS) is 19.0. The summed E-state index contributed by atoms with van der Waals surface area (Å²) in [5, 5.41) is 4.82. The first-order chi connectivity index (χ1) is 11.7. The van der Waals surface area contributed by atoms with Crippen molar-refractivity contribution in [1.82, 2.24) is 15.2 Å². The maximum Gasteiger partial charge on any atom is 0.223 e. The van der Waals surface area contributed by atoms with E-state index in [0.717, 1.165) is 72.5 Å². The van der Waals surface area contributed by atoms with Crippen LogP contribution in [0.3, 0.4) is 0 Å². The molecule has 0 radical (unpaired) electrons. The van der Waals surface area contributed by atoms with E-state index in [2.05, 4.69) is 21.2 Å². The van der Waals surface area contributed by atoms with Crippen LogP contribution in [0.5, 0.6) is 0 Å². The molecule has 5 nitrogen and oxygen atoms in total. The minimum atomic E-state index is 0.236. The van der Waals surface area contributed by atoms with Crippen molar-refractivity contribution in [2.45, 2.75) is 12.8 Å². The SMILES string of the molecule is O=C(NCCN1CCN(c2nc3c(Cl)cccc3s2)CC1)C1CC1. The van der Waals surface area contributed by atoms with E-state index < -0.39 is 0 Å². The number of anilines is 1. The molecule has 1 aromatic heterocycles. The topological polar surface area (TPSA) is 48.5 Å². The Bertz CT molecular complexity index is 737. The second-order valence-corrected chi connectivity index (χ2v) is 7.89. The molecule has 1 aliphatic heterocycles. The van der Waals surface area contributed by atoms with Gasteiger partial charge in [-0.25, -0.2) is 4.98 Å². The second-order valence-electron chi connectivity index (χ2n) is 6.48. The fourth-order valence-electron chi connectivity index (χ4n) is 3.03. The first-order valence-corrected chi connectivity index (χ1v) is 9.70. The van der Waals surface area contributed by atoms with Crippen LogP contribution in [0.1, 0.15) is 12.8 Å². The summed E-state index contributed by atoms with van der Waals surface area (Å²) in [6.45, 7) is 5.62. The number of hydrogen-bond acceptors (Lipinski definition) is 5. The number of carbonyl (C=O) groups is 1. The molecular formula is C17H21ClN4OS. The summed E-state index contributed by atoms with van der Waals surface area (Å²) in [7, 11) is 0. The van der Waals surface area contributed by atoms with Crippen molar-refractivity contribution < 1.29 is 4.79 Å². The Morgan fingerprint density at radius 2 is 2.08 bits per heavy atom. The summed E-state index contributed by atoms with van der Waals surface area (Å²) < 4.78 is 1.14. The summed E-state index contributed by atoms with van der Waals surface area (Å²) in [4.78, 5) is 21.1. The highest BCUT2D eigenvalue weighted by atomic mass is 35.5. The van der Waals surface area contributed by atoms with Crippen LogP contribution in [0.2, 0.25) is 5.02 Å². The number of piperazine rings is 1. The Labute approximate surface area is 150 Å². The van der Waals surface area contributed by atoms with Gasteiger partial charge in [0.05, 0.1) is 9.72 Å². The monoisotopic (exact) mass is 364 g/mol. The van der Waals surface area contributed by atoms with Gasteiger partial charge in [-0.05, 0) is 25.0 Å². The highest BCUT2D eigenvalue weighted by Gasteiger charge is 2.29. The Balaban J connectivity index is 1.28. The molecule has 24 heavy (non-hydrogen) atoms. The zero-order chi connectivity index (χ0) is 16.5. The van der Waals surface area contributed by atoms with E-state index in [-0.39, 0.29) is 5.91 Å². The summed E-state index contributed by atoms with van der Waals surface area (Å²) in [5.41, 5.74) is 0.907. The van der Waals surface area contributed by atoms with Crippen LogP contribution in [-0.2, 0) is 4.79 Å². The van der Waals surface area contributed by atoms with Crippen molar-refractivity contribution in [2.24, 2.45) is 5.92 Å². The fraction of sp³-hybridized carbons (Fsp3) is 0.529. The standard InChI is InChI=1S/C17H21ClN4OS/c18-13-2-1-3-14-15(13)20-17(24-14)22-10-8-21(9-11-22)7-6-19-16(23)12-4-5-12/h1-3,12H,4-11H2,(H,19,23). The molecule has 0 spiro atoms. The average molecular weight is 365 g/mol. The van der Waals surface area contributed by atoms with E-state index in [1.54, 1.807) is 11.3 Å². The lowest BCUT2D eigenvalue weighted by molar-refractivity contribution is -0.122. The molecule has 2 heterocycles. The maximum atomic E-state index is 11.6. The molecule has 1 aliphatic carbocycles. The molecule has 1 amide bonds. The number of aromatic nitrogens is 1. The Morgan fingerprint density at radius 3 is 2.79 bits per heavy atom.